The molecule has 23 heavy (non-hydrogen) atoms. The minimum atomic E-state index is 0. The number of nitrogens with one attached hydrogen (secondary N) is 1. The molecule has 1 N–H and O–H groups in total. The van der Waals surface area contributed by atoms with Crippen molar-refractivity contribution in [3.8, 4) is 0 Å². The number of benzene rings is 1. The van der Waals surface area contributed by atoms with Crippen LogP contribution in [-0.2, 0) is 6.54 Å². The Bertz CT molecular complexity index is 537. The minimum absolute atomic E-state index is 0. The molecule has 0 radical (unpaired) electrons. The number of guanidine groups is 1. The SMILES string of the molecule is CN1CCN=C1NCC1CCCCN1Cc1cccc(Cl)c1.I. The Morgan fingerprint density at radius 1 is 1.30 bits per heavy atom. The molecule has 0 aliphatic carbocycles. The summed E-state index contributed by atoms with van der Waals surface area (Å²) in [5.74, 6) is 1.05. The van der Waals surface area contributed by atoms with Crippen molar-refractivity contribution < 1.29 is 0 Å². The van der Waals surface area contributed by atoms with Gasteiger partial charge in [0.25, 0.3) is 0 Å². The summed E-state index contributed by atoms with van der Waals surface area (Å²) in [5.41, 5.74) is 1.30. The van der Waals surface area contributed by atoms with E-state index in [2.05, 4.69) is 39.3 Å². The van der Waals surface area contributed by atoms with Crippen LogP contribution >= 0.6 is 35.6 Å². The van der Waals surface area contributed by atoms with Crippen molar-refractivity contribution in [2.24, 2.45) is 4.99 Å². The van der Waals surface area contributed by atoms with Crippen molar-refractivity contribution in [1.29, 1.82) is 0 Å². The smallest absolute Gasteiger partial charge is 0.193 e. The molecule has 2 aliphatic heterocycles. The largest absolute Gasteiger partial charge is 0.355 e. The zero-order valence-electron chi connectivity index (χ0n) is 13.7. The molecule has 0 bridgehead atoms. The molecule has 1 unspecified atom stereocenters. The number of aliphatic imine (C=N–C) groups is 1. The first-order valence-electron chi connectivity index (χ1n) is 8.20. The third kappa shape index (κ3) is 5.22. The van der Waals surface area contributed by atoms with Gasteiger partial charge in [-0.15, -0.1) is 24.0 Å². The van der Waals surface area contributed by atoms with E-state index in [9.17, 15) is 0 Å². The Labute approximate surface area is 161 Å². The highest BCUT2D eigenvalue weighted by molar-refractivity contribution is 14.0. The van der Waals surface area contributed by atoms with E-state index in [1.807, 2.05) is 12.1 Å². The zero-order chi connectivity index (χ0) is 15.4. The molecule has 4 nitrogen and oxygen atoms in total. The van der Waals surface area contributed by atoms with Crippen LogP contribution in [-0.4, -0.2) is 55.0 Å². The summed E-state index contributed by atoms with van der Waals surface area (Å²) in [4.78, 5) is 9.30. The molecule has 6 heteroatoms. The normalized spacial score (nSPS) is 21.7. The van der Waals surface area contributed by atoms with E-state index in [4.69, 9.17) is 11.6 Å². The Morgan fingerprint density at radius 2 is 2.17 bits per heavy atom. The first-order chi connectivity index (χ1) is 10.7. The van der Waals surface area contributed by atoms with Crippen LogP contribution in [0.3, 0.4) is 0 Å². The summed E-state index contributed by atoms with van der Waals surface area (Å²) in [5, 5.41) is 4.36. The fourth-order valence-corrected chi connectivity index (χ4v) is 3.51. The van der Waals surface area contributed by atoms with Crippen LogP contribution < -0.4 is 5.32 Å². The lowest BCUT2D eigenvalue weighted by Crippen LogP contribution is -2.48. The lowest BCUT2D eigenvalue weighted by Gasteiger charge is -2.36. The van der Waals surface area contributed by atoms with Crippen LogP contribution in [0.15, 0.2) is 29.3 Å². The Balaban J connectivity index is 0.00000192. The highest BCUT2D eigenvalue weighted by atomic mass is 127. The first kappa shape index (κ1) is 18.8. The van der Waals surface area contributed by atoms with Gasteiger partial charge in [-0.25, -0.2) is 0 Å². The summed E-state index contributed by atoms with van der Waals surface area (Å²) in [6.07, 6.45) is 3.86. The fraction of sp³-hybridized carbons (Fsp3) is 0.588. The maximum Gasteiger partial charge on any atom is 0.193 e. The second-order valence-electron chi connectivity index (χ2n) is 6.26. The third-order valence-electron chi connectivity index (χ3n) is 4.58. The van der Waals surface area contributed by atoms with Crippen molar-refractivity contribution in [2.75, 3.05) is 33.2 Å². The molecule has 1 saturated heterocycles. The second-order valence-corrected chi connectivity index (χ2v) is 6.69. The quantitative estimate of drug-likeness (QED) is 0.718. The van der Waals surface area contributed by atoms with E-state index in [1.165, 1.54) is 31.4 Å². The summed E-state index contributed by atoms with van der Waals surface area (Å²) in [6, 6.07) is 8.80. The predicted octanol–water partition coefficient (Wildman–Crippen LogP) is 3.20. The van der Waals surface area contributed by atoms with Gasteiger partial charge in [-0.05, 0) is 37.1 Å². The molecular formula is C17H26ClIN4. The maximum absolute atomic E-state index is 6.11. The first-order valence-corrected chi connectivity index (χ1v) is 8.58. The molecule has 0 spiro atoms. The van der Waals surface area contributed by atoms with E-state index in [-0.39, 0.29) is 24.0 Å². The predicted molar refractivity (Wildman–Crippen MR) is 108 cm³/mol. The number of halogens is 2. The van der Waals surface area contributed by atoms with Gasteiger partial charge in [-0.1, -0.05) is 30.2 Å². The molecule has 1 aromatic rings. The monoisotopic (exact) mass is 448 g/mol. The number of piperidine rings is 1. The van der Waals surface area contributed by atoms with Gasteiger partial charge in [-0.2, -0.15) is 0 Å². The average Bonchev–Trinajstić information content (AvgIpc) is 2.92. The number of likely N-dealkylation sites (N-methyl/N-ethyl adjacent to an activating group) is 1. The van der Waals surface area contributed by atoms with Crippen LogP contribution in [0.4, 0.5) is 0 Å². The van der Waals surface area contributed by atoms with E-state index < -0.39 is 0 Å². The minimum Gasteiger partial charge on any atom is -0.355 e. The number of hydrogen-bond acceptors (Lipinski definition) is 4. The average molecular weight is 449 g/mol. The third-order valence-corrected chi connectivity index (χ3v) is 4.81. The molecule has 1 atom stereocenters. The van der Waals surface area contributed by atoms with Gasteiger partial charge in [0.1, 0.15) is 0 Å². The number of hydrogen-bond donors (Lipinski definition) is 1. The van der Waals surface area contributed by atoms with E-state index in [0.717, 1.165) is 37.2 Å². The van der Waals surface area contributed by atoms with Gasteiger partial charge in [0, 0.05) is 37.7 Å². The Kier molecular flexibility index (Phi) is 7.43. The van der Waals surface area contributed by atoms with Crippen molar-refractivity contribution in [3.63, 3.8) is 0 Å². The molecule has 0 amide bonds. The van der Waals surface area contributed by atoms with Crippen LogP contribution in [0.2, 0.25) is 5.02 Å². The highest BCUT2D eigenvalue weighted by Gasteiger charge is 2.23. The lowest BCUT2D eigenvalue weighted by molar-refractivity contribution is 0.141. The van der Waals surface area contributed by atoms with Crippen molar-refractivity contribution in [1.82, 2.24) is 15.1 Å². The van der Waals surface area contributed by atoms with Crippen molar-refractivity contribution in [3.05, 3.63) is 34.9 Å². The molecule has 2 aliphatic rings. The Morgan fingerprint density at radius 3 is 2.91 bits per heavy atom. The molecule has 128 valence electrons. The molecule has 3 rings (SSSR count). The van der Waals surface area contributed by atoms with E-state index in [0.29, 0.717) is 6.04 Å². The molecule has 1 fully saturated rings. The fourth-order valence-electron chi connectivity index (χ4n) is 3.30. The summed E-state index contributed by atoms with van der Waals surface area (Å²) in [6.45, 7) is 5.06. The lowest BCUT2D eigenvalue weighted by atomic mass is 10.0. The van der Waals surface area contributed by atoms with Gasteiger partial charge in [0.05, 0.1) is 6.54 Å². The zero-order valence-corrected chi connectivity index (χ0v) is 16.8. The number of nitrogens with zero attached hydrogens (tertiary/aromatic N) is 3. The van der Waals surface area contributed by atoms with Crippen molar-refractivity contribution in [2.45, 2.75) is 31.8 Å². The van der Waals surface area contributed by atoms with Crippen LogP contribution in [0.1, 0.15) is 24.8 Å². The van der Waals surface area contributed by atoms with Crippen LogP contribution in [0.5, 0.6) is 0 Å². The summed E-state index contributed by atoms with van der Waals surface area (Å²) < 4.78 is 0. The Hall–Kier alpha value is -0.530. The summed E-state index contributed by atoms with van der Waals surface area (Å²) in [7, 11) is 2.10. The molecule has 0 saturated carbocycles. The second kappa shape index (κ2) is 9.08. The van der Waals surface area contributed by atoms with E-state index >= 15 is 0 Å². The molecular weight excluding hydrogens is 423 g/mol. The van der Waals surface area contributed by atoms with Gasteiger partial charge >= 0.3 is 0 Å². The van der Waals surface area contributed by atoms with Crippen LogP contribution in [0, 0.1) is 0 Å². The standard InChI is InChI=1S/C17H25ClN4.HI/c1-21-10-8-19-17(21)20-12-16-7-2-3-9-22(16)13-14-5-4-6-15(18)11-14;/h4-6,11,16H,2-3,7-10,12-13H2,1H3,(H,19,20);1H. The summed E-state index contributed by atoms with van der Waals surface area (Å²) >= 11 is 6.11. The van der Waals surface area contributed by atoms with Gasteiger partial charge in [-0.3, -0.25) is 9.89 Å². The van der Waals surface area contributed by atoms with Gasteiger partial charge < -0.3 is 10.2 Å². The molecule has 0 aromatic heterocycles. The number of rotatable bonds is 4. The van der Waals surface area contributed by atoms with Gasteiger partial charge in [0.2, 0.25) is 0 Å². The van der Waals surface area contributed by atoms with Crippen molar-refractivity contribution >= 4 is 41.5 Å². The van der Waals surface area contributed by atoms with Gasteiger partial charge in [0.15, 0.2) is 5.96 Å². The number of likely N-dealkylation sites (tertiary alicyclic amines) is 1. The highest BCUT2D eigenvalue weighted by Crippen LogP contribution is 2.20. The maximum atomic E-state index is 6.11. The molecule has 1 aromatic carbocycles. The topological polar surface area (TPSA) is 30.9 Å². The molecule has 2 heterocycles. The van der Waals surface area contributed by atoms with Crippen LogP contribution in [0.25, 0.3) is 0 Å². The van der Waals surface area contributed by atoms with E-state index in [1.54, 1.807) is 0 Å².